The number of rotatable bonds is 6. The number of benzene rings is 2. The first kappa shape index (κ1) is 21.7. The molecule has 2 amide bonds. The van der Waals surface area contributed by atoms with E-state index < -0.39 is 0 Å². The molecule has 0 bridgehead atoms. The lowest BCUT2D eigenvalue weighted by Crippen LogP contribution is -2.42. The lowest BCUT2D eigenvalue weighted by Gasteiger charge is -2.24. The first-order chi connectivity index (χ1) is 13.0. The SMILES string of the molecule is CCC(C)(C)NC(=O)c1ccc(Cc2ccc(C(=O)NC(C)(C)C)cc2)cc1. The molecular formula is C24H32N2O2. The second-order valence-electron chi connectivity index (χ2n) is 8.97. The zero-order valence-corrected chi connectivity index (χ0v) is 17.8. The molecule has 0 unspecified atom stereocenters. The zero-order chi connectivity index (χ0) is 20.9. The molecule has 0 aliphatic carbocycles. The van der Waals surface area contributed by atoms with E-state index in [1.54, 1.807) is 0 Å². The fraction of sp³-hybridized carbons (Fsp3) is 0.417. The molecule has 2 aromatic carbocycles. The van der Waals surface area contributed by atoms with Gasteiger partial charge in [-0.15, -0.1) is 0 Å². The summed E-state index contributed by atoms with van der Waals surface area (Å²) in [5, 5.41) is 6.01. The largest absolute Gasteiger partial charge is 0.347 e. The van der Waals surface area contributed by atoms with Crippen molar-refractivity contribution in [2.24, 2.45) is 0 Å². The van der Waals surface area contributed by atoms with E-state index >= 15 is 0 Å². The van der Waals surface area contributed by atoms with Gasteiger partial charge in [-0.25, -0.2) is 0 Å². The lowest BCUT2D eigenvalue weighted by molar-refractivity contribution is 0.0905. The van der Waals surface area contributed by atoms with Crippen molar-refractivity contribution in [3.63, 3.8) is 0 Å². The van der Waals surface area contributed by atoms with Crippen LogP contribution in [0, 0.1) is 0 Å². The van der Waals surface area contributed by atoms with Crippen molar-refractivity contribution in [3.05, 3.63) is 70.8 Å². The van der Waals surface area contributed by atoms with Crippen LogP contribution in [0.25, 0.3) is 0 Å². The fourth-order valence-corrected chi connectivity index (χ4v) is 2.66. The topological polar surface area (TPSA) is 58.2 Å². The monoisotopic (exact) mass is 380 g/mol. The maximum atomic E-state index is 12.3. The van der Waals surface area contributed by atoms with E-state index in [4.69, 9.17) is 0 Å². The summed E-state index contributed by atoms with van der Waals surface area (Å²) in [4.78, 5) is 24.5. The predicted molar refractivity (Wildman–Crippen MR) is 115 cm³/mol. The van der Waals surface area contributed by atoms with Crippen LogP contribution in [-0.4, -0.2) is 22.9 Å². The predicted octanol–water partition coefficient (Wildman–Crippen LogP) is 4.72. The summed E-state index contributed by atoms with van der Waals surface area (Å²) in [6.45, 7) is 12.0. The van der Waals surface area contributed by atoms with E-state index in [2.05, 4.69) is 17.6 Å². The number of carbonyl (C=O) groups excluding carboxylic acids is 2. The second-order valence-corrected chi connectivity index (χ2v) is 8.97. The van der Waals surface area contributed by atoms with Crippen molar-refractivity contribution < 1.29 is 9.59 Å². The molecule has 0 aromatic heterocycles. The Balaban J connectivity index is 2.00. The zero-order valence-electron chi connectivity index (χ0n) is 17.8. The van der Waals surface area contributed by atoms with E-state index in [0.717, 1.165) is 24.0 Å². The van der Waals surface area contributed by atoms with E-state index in [1.807, 2.05) is 83.1 Å². The number of hydrogen-bond acceptors (Lipinski definition) is 2. The minimum Gasteiger partial charge on any atom is -0.347 e. The molecule has 2 aromatic rings. The number of amides is 2. The Morgan fingerprint density at radius 1 is 0.714 bits per heavy atom. The van der Waals surface area contributed by atoms with Crippen LogP contribution in [0.15, 0.2) is 48.5 Å². The Labute approximate surface area is 168 Å². The van der Waals surface area contributed by atoms with Crippen molar-refractivity contribution in [2.45, 2.75) is 65.5 Å². The Morgan fingerprint density at radius 3 is 1.46 bits per heavy atom. The first-order valence-corrected chi connectivity index (χ1v) is 9.82. The third kappa shape index (κ3) is 6.52. The van der Waals surface area contributed by atoms with Crippen LogP contribution in [-0.2, 0) is 6.42 Å². The minimum atomic E-state index is -0.254. The van der Waals surface area contributed by atoms with Crippen molar-refractivity contribution in [2.75, 3.05) is 0 Å². The van der Waals surface area contributed by atoms with Crippen LogP contribution in [0.5, 0.6) is 0 Å². The van der Waals surface area contributed by atoms with Gasteiger partial charge in [0.1, 0.15) is 0 Å². The molecule has 0 radical (unpaired) electrons. The molecule has 0 spiro atoms. The summed E-state index contributed by atoms with van der Waals surface area (Å²) >= 11 is 0. The van der Waals surface area contributed by atoms with Gasteiger partial charge in [-0.2, -0.15) is 0 Å². The molecule has 0 saturated carbocycles. The highest BCUT2D eigenvalue weighted by atomic mass is 16.2. The maximum Gasteiger partial charge on any atom is 0.251 e. The third-order valence-corrected chi connectivity index (χ3v) is 4.66. The van der Waals surface area contributed by atoms with Crippen molar-refractivity contribution >= 4 is 11.8 Å². The maximum absolute atomic E-state index is 12.3. The van der Waals surface area contributed by atoms with Gasteiger partial charge < -0.3 is 10.6 Å². The molecule has 0 saturated heterocycles. The van der Waals surface area contributed by atoms with Crippen LogP contribution < -0.4 is 10.6 Å². The fourth-order valence-electron chi connectivity index (χ4n) is 2.66. The smallest absolute Gasteiger partial charge is 0.251 e. The molecule has 0 fully saturated rings. The first-order valence-electron chi connectivity index (χ1n) is 9.82. The van der Waals surface area contributed by atoms with Gasteiger partial charge >= 0.3 is 0 Å². The Bertz CT molecular complexity index is 813. The van der Waals surface area contributed by atoms with Gasteiger partial charge in [0.15, 0.2) is 0 Å². The number of hydrogen-bond donors (Lipinski definition) is 2. The quantitative estimate of drug-likeness (QED) is 0.761. The molecule has 2 N–H and O–H groups in total. The lowest BCUT2D eigenvalue weighted by atomic mass is 10.00. The molecule has 0 heterocycles. The van der Waals surface area contributed by atoms with Crippen molar-refractivity contribution in [1.29, 1.82) is 0 Å². The van der Waals surface area contributed by atoms with Crippen molar-refractivity contribution in [3.8, 4) is 0 Å². The van der Waals surface area contributed by atoms with Crippen LogP contribution in [0.4, 0.5) is 0 Å². The minimum absolute atomic E-state index is 0.0485. The molecule has 4 nitrogen and oxygen atoms in total. The molecular weight excluding hydrogens is 348 g/mol. The second kappa shape index (κ2) is 8.59. The standard InChI is InChI=1S/C24H32N2O2/c1-7-24(5,6)26-22(28)20-14-10-18(11-15-20)16-17-8-12-19(13-9-17)21(27)25-23(2,3)4/h8-15H,7,16H2,1-6H3,(H,25,27)(H,26,28). The molecule has 0 aliphatic heterocycles. The van der Waals surface area contributed by atoms with Gasteiger partial charge in [-0.3, -0.25) is 9.59 Å². The average molecular weight is 381 g/mol. The average Bonchev–Trinajstić information content (AvgIpc) is 2.61. The summed E-state index contributed by atoms with van der Waals surface area (Å²) in [5.41, 5.74) is 3.10. The highest BCUT2D eigenvalue weighted by molar-refractivity contribution is 5.95. The molecule has 0 atom stereocenters. The Hall–Kier alpha value is -2.62. The van der Waals surface area contributed by atoms with E-state index in [1.165, 1.54) is 0 Å². The molecule has 0 aliphatic rings. The van der Waals surface area contributed by atoms with E-state index in [-0.39, 0.29) is 22.9 Å². The summed E-state index contributed by atoms with van der Waals surface area (Å²) in [6, 6.07) is 15.3. The highest BCUT2D eigenvalue weighted by Gasteiger charge is 2.18. The van der Waals surface area contributed by atoms with Gasteiger partial charge in [0.2, 0.25) is 0 Å². The molecule has 28 heavy (non-hydrogen) atoms. The Kier molecular flexibility index (Phi) is 6.65. The number of carbonyl (C=O) groups is 2. The highest BCUT2D eigenvalue weighted by Crippen LogP contribution is 2.14. The van der Waals surface area contributed by atoms with Gasteiger partial charge in [-0.1, -0.05) is 31.2 Å². The van der Waals surface area contributed by atoms with Gasteiger partial charge in [0.05, 0.1) is 0 Å². The van der Waals surface area contributed by atoms with Crippen LogP contribution >= 0.6 is 0 Å². The molecule has 4 heteroatoms. The van der Waals surface area contributed by atoms with E-state index in [9.17, 15) is 9.59 Å². The van der Waals surface area contributed by atoms with Gasteiger partial charge in [0, 0.05) is 22.2 Å². The number of nitrogens with one attached hydrogen (secondary N) is 2. The summed E-state index contributed by atoms with van der Waals surface area (Å²) in [5.74, 6) is -0.114. The van der Waals surface area contributed by atoms with Gasteiger partial charge in [-0.05, 0) is 82.9 Å². The molecule has 2 rings (SSSR count). The van der Waals surface area contributed by atoms with Crippen molar-refractivity contribution in [1.82, 2.24) is 10.6 Å². The summed E-state index contributed by atoms with van der Waals surface area (Å²) in [7, 11) is 0. The summed E-state index contributed by atoms with van der Waals surface area (Å²) in [6.07, 6.45) is 1.63. The van der Waals surface area contributed by atoms with Crippen LogP contribution in [0.3, 0.4) is 0 Å². The summed E-state index contributed by atoms with van der Waals surface area (Å²) < 4.78 is 0. The van der Waals surface area contributed by atoms with Crippen LogP contribution in [0.1, 0.15) is 79.8 Å². The van der Waals surface area contributed by atoms with Crippen LogP contribution in [0.2, 0.25) is 0 Å². The molecule has 150 valence electrons. The normalized spacial score (nSPS) is 11.8. The third-order valence-electron chi connectivity index (χ3n) is 4.66. The van der Waals surface area contributed by atoms with Gasteiger partial charge in [0.25, 0.3) is 11.8 Å². The van der Waals surface area contributed by atoms with E-state index in [0.29, 0.717) is 11.1 Å². The Morgan fingerprint density at radius 2 is 1.11 bits per heavy atom.